The molecule has 1 aromatic carbocycles. The van der Waals surface area contributed by atoms with Crippen LogP contribution in [0.15, 0.2) is 29.3 Å². The summed E-state index contributed by atoms with van der Waals surface area (Å²) in [5.74, 6) is 0.879. The van der Waals surface area contributed by atoms with Crippen LogP contribution < -0.4 is 21.1 Å². The zero-order valence-corrected chi connectivity index (χ0v) is 19.7. The summed E-state index contributed by atoms with van der Waals surface area (Å²) in [5, 5.41) is 6.57. The molecule has 0 bridgehead atoms. The average molecular weight is 518 g/mol. The van der Waals surface area contributed by atoms with Gasteiger partial charge in [-0.25, -0.2) is 4.99 Å². The molecule has 0 unspecified atom stereocenters. The second-order valence-electron chi connectivity index (χ2n) is 7.01. The second-order valence-corrected chi connectivity index (χ2v) is 7.01. The highest BCUT2D eigenvalue weighted by Gasteiger charge is 2.12. The molecule has 0 spiro atoms. The van der Waals surface area contributed by atoms with E-state index in [1.165, 1.54) is 38.5 Å². The van der Waals surface area contributed by atoms with Gasteiger partial charge in [-0.2, -0.15) is 0 Å². The predicted octanol–water partition coefficient (Wildman–Crippen LogP) is 2.96. The number of hydrogen-bond donors (Lipinski definition) is 3. The van der Waals surface area contributed by atoms with Crippen LogP contribution >= 0.6 is 24.0 Å². The van der Waals surface area contributed by atoms with Crippen molar-refractivity contribution in [3.63, 3.8) is 0 Å². The first-order valence-electron chi connectivity index (χ1n) is 10.3. The zero-order valence-electron chi connectivity index (χ0n) is 17.3. The molecule has 0 aliphatic heterocycles. The highest BCUT2D eigenvalue weighted by Crippen LogP contribution is 2.19. The lowest BCUT2D eigenvalue weighted by Crippen LogP contribution is -2.39. The fourth-order valence-electron chi connectivity index (χ4n) is 3.20. The summed E-state index contributed by atoms with van der Waals surface area (Å²) in [6, 6.07) is 7.51. The molecule has 0 heterocycles. The van der Waals surface area contributed by atoms with E-state index in [1.807, 2.05) is 25.1 Å². The maximum Gasteiger partial charge on any atom is 0.255 e. The summed E-state index contributed by atoms with van der Waals surface area (Å²) in [7, 11) is 0. The van der Waals surface area contributed by atoms with Crippen LogP contribution in [-0.2, 0) is 16.1 Å². The summed E-state index contributed by atoms with van der Waals surface area (Å²) in [6.07, 6.45) is 8.01. The van der Waals surface area contributed by atoms with Crippen LogP contribution in [0.25, 0.3) is 0 Å². The third-order valence-corrected chi connectivity index (χ3v) is 4.59. The summed E-state index contributed by atoms with van der Waals surface area (Å²) >= 11 is 0. The minimum atomic E-state index is -0.492. The Morgan fingerprint density at radius 2 is 1.97 bits per heavy atom. The number of ether oxygens (including phenoxy) is 2. The third-order valence-electron chi connectivity index (χ3n) is 4.59. The van der Waals surface area contributed by atoms with Crippen molar-refractivity contribution in [1.82, 2.24) is 10.6 Å². The Morgan fingerprint density at radius 3 is 2.66 bits per heavy atom. The van der Waals surface area contributed by atoms with Crippen molar-refractivity contribution >= 4 is 35.8 Å². The van der Waals surface area contributed by atoms with E-state index >= 15 is 0 Å². The molecule has 0 saturated heterocycles. The summed E-state index contributed by atoms with van der Waals surface area (Å²) in [5.41, 5.74) is 6.11. The maximum atomic E-state index is 10.8. The standard InChI is InChI=1S/C21H34N4O3.HI/c1-2-23-21(24-12-13-27-18-9-5-3-4-6-10-18)25-15-17-8-7-11-19(14-17)28-16-20(22)26;/h7-8,11,14,18H,2-6,9-10,12-13,15-16H2,1H3,(H2,22,26)(H2,23,24,25);1H. The van der Waals surface area contributed by atoms with E-state index in [0.29, 0.717) is 25.0 Å². The van der Waals surface area contributed by atoms with Gasteiger partial charge in [0, 0.05) is 13.1 Å². The van der Waals surface area contributed by atoms with Crippen molar-refractivity contribution < 1.29 is 14.3 Å². The molecule has 7 nitrogen and oxygen atoms in total. The number of rotatable bonds is 10. The summed E-state index contributed by atoms with van der Waals surface area (Å²) in [4.78, 5) is 15.4. The Kier molecular flexibility index (Phi) is 13.5. The number of benzene rings is 1. The smallest absolute Gasteiger partial charge is 0.255 e. The number of aliphatic imine (C=N–C) groups is 1. The molecule has 29 heavy (non-hydrogen) atoms. The normalized spacial score (nSPS) is 15.1. The number of primary amides is 1. The molecule has 1 aliphatic rings. The molecule has 0 radical (unpaired) electrons. The van der Waals surface area contributed by atoms with Crippen LogP contribution in [0.2, 0.25) is 0 Å². The largest absolute Gasteiger partial charge is 0.484 e. The number of nitrogens with zero attached hydrogens (tertiary/aromatic N) is 1. The number of carbonyl (C=O) groups is 1. The second kappa shape index (κ2) is 15.3. The molecule has 1 fully saturated rings. The number of amides is 1. The van der Waals surface area contributed by atoms with Gasteiger partial charge < -0.3 is 25.8 Å². The van der Waals surface area contributed by atoms with Crippen molar-refractivity contribution in [3.8, 4) is 5.75 Å². The van der Waals surface area contributed by atoms with Gasteiger partial charge in [0.1, 0.15) is 5.75 Å². The SMILES string of the molecule is CCNC(=NCc1cccc(OCC(N)=O)c1)NCCOC1CCCCCC1.I. The van der Waals surface area contributed by atoms with E-state index in [4.69, 9.17) is 15.2 Å². The van der Waals surface area contributed by atoms with Gasteiger partial charge >= 0.3 is 0 Å². The summed E-state index contributed by atoms with van der Waals surface area (Å²) in [6.45, 7) is 4.62. The van der Waals surface area contributed by atoms with Crippen LogP contribution in [0.5, 0.6) is 5.75 Å². The first-order chi connectivity index (χ1) is 13.7. The Hall–Kier alpha value is -1.55. The first kappa shape index (κ1) is 25.5. The Labute approximate surface area is 191 Å². The van der Waals surface area contributed by atoms with Crippen LogP contribution in [0, 0.1) is 0 Å². The Balaban J connectivity index is 0.00000420. The fourth-order valence-corrected chi connectivity index (χ4v) is 3.20. The summed E-state index contributed by atoms with van der Waals surface area (Å²) < 4.78 is 11.4. The molecule has 0 atom stereocenters. The minimum absolute atomic E-state index is 0. The lowest BCUT2D eigenvalue weighted by Gasteiger charge is -2.16. The molecule has 2 rings (SSSR count). The number of halogens is 1. The number of guanidine groups is 1. The Morgan fingerprint density at radius 1 is 1.21 bits per heavy atom. The lowest BCUT2D eigenvalue weighted by molar-refractivity contribution is -0.119. The van der Waals surface area contributed by atoms with Gasteiger partial charge in [0.15, 0.2) is 12.6 Å². The van der Waals surface area contributed by atoms with Gasteiger partial charge in [-0.05, 0) is 37.5 Å². The number of hydrogen-bond acceptors (Lipinski definition) is 4. The van der Waals surface area contributed by atoms with Gasteiger partial charge in [0.05, 0.1) is 19.3 Å². The molecule has 0 aromatic heterocycles. The molecule has 8 heteroatoms. The average Bonchev–Trinajstić information content (AvgIpc) is 2.97. The van der Waals surface area contributed by atoms with Crippen molar-refractivity contribution in [2.45, 2.75) is 58.1 Å². The molecule has 1 saturated carbocycles. The van der Waals surface area contributed by atoms with Gasteiger partial charge in [-0.3, -0.25) is 4.79 Å². The third kappa shape index (κ3) is 11.3. The lowest BCUT2D eigenvalue weighted by atomic mass is 10.1. The predicted molar refractivity (Wildman–Crippen MR) is 127 cm³/mol. The molecular weight excluding hydrogens is 483 g/mol. The minimum Gasteiger partial charge on any atom is -0.484 e. The van der Waals surface area contributed by atoms with Crippen molar-refractivity contribution in [2.24, 2.45) is 10.7 Å². The van der Waals surface area contributed by atoms with Crippen LogP contribution in [-0.4, -0.2) is 44.3 Å². The quantitative estimate of drug-likeness (QED) is 0.146. The highest BCUT2D eigenvalue weighted by atomic mass is 127. The highest BCUT2D eigenvalue weighted by molar-refractivity contribution is 14.0. The van der Waals surface area contributed by atoms with Crippen molar-refractivity contribution in [2.75, 3.05) is 26.3 Å². The molecule has 4 N–H and O–H groups in total. The van der Waals surface area contributed by atoms with Crippen LogP contribution in [0.3, 0.4) is 0 Å². The van der Waals surface area contributed by atoms with Gasteiger partial charge in [0.25, 0.3) is 5.91 Å². The van der Waals surface area contributed by atoms with Crippen LogP contribution in [0.4, 0.5) is 0 Å². The molecule has 164 valence electrons. The van der Waals surface area contributed by atoms with E-state index in [2.05, 4.69) is 15.6 Å². The fraction of sp³-hybridized carbons (Fsp3) is 0.619. The van der Waals surface area contributed by atoms with Gasteiger partial charge in [0.2, 0.25) is 0 Å². The van der Waals surface area contributed by atoms with Crippen LogP contribution in [0.1, 0.15) is 51.0 Å². The van der Waals surface area contributed by atoms with E-state index in [1.54, 1.807) is 6.07 Å². The van der Waals surface area contributed by atoms with Crippen molar-refractivity contribution in [3.05, 3.63) is 29.8 Å². The topological polar surface area (TPSA) is 98.0 Å². The number of nitrogens with one attached hydrogen (secondary N) is 2. The zero-order chi connectivity index (χ0) is 20.0. The number of carbonyl (C=O) groups excluding carboxylic acids is 1. The molecule has 1 aromatic rings. The van der Waals surface area contributed by atoms with Crippen molar-refractivity contribution in [1.29, 1.82) is 0 Å². The van der Waals surface area contributed by atoms with E-state index in [-0.39, 0.29) is 30.6 Å². The van der Waals surface area contributed by atoms with E-state index in [0.717, 1.165) is 24.6 Å². The number of nitrogens with two attached hydrogens (primary N) is 1. The molecule has 1 amide bonds. The first-order valence-corrected chi connectivity index (χ1v) is 10.3. The van der Waals surface area contributed by atoms with E-state index < -0.39 is 5.91 Å². The monoisotopic (exact) mass is 518 g/mol. The van der Waals surface area contributed by atoms with Gasteiger partial charge in [-0.15, -0.1) is 24.0 Å². The molecular formula is C21H35IN4O3. The van der Waals surface area contributed by atoms with E-state index in [9.17, 15) is 4.79 Å². The van der Waals surface area contributed by atoms with Gasteiger partial charge in [-0.1, -0.05) is 37.8 Å². The Bertz CT molecular complexity index is 620. The maximum absolute atomic E-state index is 10.8. The molecule has 1 aliphatic carbocycles.